The number of nitrogens with zero attached hydrogens (tertiary/aromatic N) is 2. The Morgan fingerprint density at radius 1 is 1.47 bits per heavy atom. The van der Waals surface area contributed by atoms with Crippen molar-refractivity contribution in [2.45, 2.75) is 38.8 Å². The zero-order valence-corrected chi connectivity index (χ0v) is 11.4. The van der Waals surface area contributed by atoms with Crippen LogP contribution in [0.15, 0.2) is 24.5 Å². The summed E-state index contributed by atoms with van der Waals surface area (Å²) in [5.74, 6) is 0.193. The van der Waals surface area contributed by atoms with Gasteiger partial charge in [-0.05, 0) is 51.4 Å². The molecule has 1 atom stereocenters. The summed E-state index contributed by atoms with van der Waals surface area (Å²) in [4.78, 5) is 16.7. The van der Waals surface area contributed by atoms with Crippen LogP contribution in [0.25, 0.3) is 11.0 Å². The lowest BCUT2D eigenvalue weighted by Gasteiger charge is -2.10. The molecule has 1 N–H and O–H groups in total. The molecular formula is C15H19N3O. The SMILES string of the molecule is CC(C)n1cnc2cc(C(=O)C3CCCN3)ccc21. The van der Waals surface area contributed by atoms with E-state index in [1.54, 1.807) is 0 Å². The molecule has 19 heavy (non-hydrogen) atoms. The molecule has 4 heteroatoms. The number of hydrogen-bond acceptors (Lipinski definition) is 3. The summed E-state index contributed by atoms with van der Waals surface area (Å²) in [5.41, 5.74) is 2.75. The molecule has 3 rings (SSSR count). The van der Waals surface area contributed by atoms with E-state index < -0.39 is 0 Å². The van der Waals surface area contributed by atoms with E-state index in [1.807, 2.05) is 24.5 Å². The Hall–Kier alpha value is -1.68. The number of rotatable bonds is 3. The molecule has 1 aromatic carbocycles. The molecule has 1 fully saturated rings. The molecule has 1 saturated heterocycles. The van der Waals surface area contributed by atoms with Crippen LogP contribution in [-0.2, 0) is 0 Å². The van der Waals surface area contributed by atoms with E-state index in [1.165, 1.54) is 0 Å². The molecule has 1 aromatic heterocycles. The van der Waals surface area contributed by atoms with Gasteiger partial charge in [-0.1, -0.05) is 0 Å². The number of Topliss-reactive ketones (excluding diaryl/α,β-unsaturated/α-hetero) is 1. The fourth-order valence-corrected chi connectivity index (χ4v) is 2.71. The van der Waals surface area contributed by atoms with Gasteiger partial charge >= 0.3 is 0 Å². The second-order valence-corrected chi connectivity index (χ2v) is 5.46. The monoisotopic (exact) mass is 257 g/mol. The lowest BCUT2D eigenvalue weighted by Crippen LogP contribution is -2.30. The number of benzene rings is 1. The predicted octanol–water partition coefficient (Wildman–Crippen LogP) is 2.55. The minimum absolute atomic E-state index is 0.00960. The van der Waals surface area contributed by atoms with E-state index in [4.69, 9.17) is 0 Å². The van der Waals surface area contributed by atoms with Crippen molar-refractivity contribution >= 4 is 16.8 Å². The third kappa shape index (κ3) is 2.16. The number of ketones is 1. The van der Waals surface area contributed by atoms with Crippen LogP contribution >= 0.6 is 0 Å². The van der Waals surface area contributed by atoms with Gasteiger partial charge in [0, 0.05) is 11.6 Å². The molecule has 0 aliphatic carbocycles. The van der Waals surface area contributed by atoms with Crippen LogP contribution in [0.5, 0.6) is 0 Å². The highest BCUT2D eigenvalue weighted by Crippen LogP contribution is 2.20. The van der Waals surface area contributed by atoms with Gasteiger partial charge in [0.05, 0.1) is 23.4 Å². The zero-order valence-electron chi connectivity index (χ0n) is 11.4. The van der Waals surface area contributed by atoms with Crippen molar-refractivity contribution in [1.82, 2.24) is 14.9 Å². The van der Waals surface area contributed by atoms with Crippen molar-refractivity contribution in [2.75, 3.05) is 6.54 Å². The predicted molar refractivity (Wildman–Crippen MR) is 75.5 cm³/mol. The Kier molecular flexibility index (Phi) is 3.11. The number of carbonyl (C=O) groups is 1. The minimum atomic E-state index is -0.00960. The number of carbonyl (C=O) groups excluding carboxylic acids is 1. The Labute approximate surface area is 112 Å². The average molecular weight is 257 g/mol. The minimum Gasteiger partial charge on any atom is -0.328 e. The molecule has 4 nitrogen and oxygen atoms in total. The third-order valence-corrected chi connectivity index (χ3v) is 3.79. The van der Waals surface area contributed by atoms with Crippen molar-refractivity contribution in [3.63, 3.8) is 0 Å². The van der Waals surface area contributed by atoms with Crippen molar-refractivity contribution in [3.05, 3.63) is 30.1 Å². The number of imidazole rings is 1. The molecule has 0 spiro atoms. The standard InChI is InChI=1S/C15H19N3O/c1-10(2)18-9-17-13-8-11(5-6-14(13)18)15(19)12-4-3-7-16-12/h5-6,8-10,12,16H,3-4,7H2,1-2H3. The molecule has 1 aliphatic heterocycles. The first-order chi connectivity index (χ1) is 9.16. The number of hydrogen-bond donors (Lipinski definition) is 1. The van der Waals surface area contributed by atoms with E-state index >= 15 is 0 Å². The zero-order chi connectivity index (χ0) is 13.4. The Morgan fingerprint density at radius 2 is 2.32 bits per heavy atom. The third-order valence-electron chi connectivity index (χ3n) is 3.79. The highest BCUT2D eigenvalue weighted by Gasteiger charge is 2.23. The normalized spacial score (nSPS) is 19.4. The van der Waals surface area contributed by atoms with Gasteiger partial charge in [0.25, 0.3) is 0 Å². The Bertz CT molecular complexity index is 609. The lowest BCUT2D eigenvalue weighted by atomic mass is 10.0. The van der Waals surface area contributed by atoms with Gasteiger partial charge in [-0.3, -0.25) is 4.79 Å². The van der Waals surface area contributed by atoms with Crippen LogP contribution < -0.4 is 5.32 Å². The van der Waals surface area contributed by atoms with Crippen molar-refractivity contribution < 1.29 is 4.79 Å². The van der Waals surface area contributed by atoms with Crippen LogP contribution in [0.1, 0.15) is 43.1 Å². The molecule has 1 unspecified atom stereocenters. The fraction of sp³-hybridized carbons (Fsp3) is 0.467. The summed E-state index contributed by atoms with van der Waals surface area (Å²) in [7, 11) is 0. The van der Waals surface area contributed by atoms with Gasteiger partial charge in [0.15, 0.2) is 5.78 Å². The number of fused-ring (bicyclic) bond motifs is 1. The molecule has 1 aliphatic rings. The summed E-state index contributed by atoms with van der Waals surface area (Å²) >= 11 is 0. The quantitative estimate of drug-likeness (QED) is 0.860. The summed E-state index contributed by atoms with van der Waals surface area (Å²) in [5, 5.41) is 3.25. The molecule has 100 valence electrons. The van der Waals surface area contributed by atoms with Crippen LogP contribution in [0.4, 0.5) is 0 Å². The molecule has 2 aromatic rings. The van der Waals surface area contributed by atoms with Gasteiger partial charge in [-0.15, -0.1) is 0 Å². The second kappa shape index (κ2) is 4.78. The second-order valence-electron chi connectivity index (χ2n) is 5.46. The van der Waals surface area contributed by atoms with E-state index in [2.05, 4.69) is 28.7 Å². The first-order valence-electron chi connectivity index (χ1n) is 6.91. The Morgan fingerprint density at radius 3 is 3.00 bits per heavy atom. The first kappa shape index (κ1) is 12.4. The summed E-state index contributed by atoms with van der Waals surface area (Å²) in [6.45, 7) is 5.20. The van der Waals surface area contributed by atoms with E-state index in [0.717, 1.165) is 36.0 Å². The first-order valence-corrected chi connectivity index (χ1v) is 6.91. The van der Waals surface area contributed by atoms with Gasteiger partial charge in [-0.25, -0.2) is 4.98 Å². The summed E-state index contributed by atoms with van der Waals surface area (Å²) in [6, 6.07) is 6.21. The molecule has 0 radical (unpaired) electrons. The fourth-order valence-electron chi connectivity index (χ4n) is 2.71. The molecule has 0 amide bonds. The van der Waals surface area contributed by atoms with Crippen molar-refractivity contribution in [3.8, 4) is 0 Å². The van der Waals surface area contributed by atoms with Crippen LogP contribution in [0.3, 0.4) is 0 Å². The lowest BCUT2D eigenvalue weighted by molar-refractivity contribution is 0.0952. The Balaban J connectivity index is 1.95. The maximum Gasteiger partial charge on any atom is 0.179 e. The van der Waals surface area contributed by atoms with Crippen molar-refractivity contribution in [1.29, 1.82) is 0 Å². The average Bonchev–Trinajstić information content (AvgIpc) is 3.06. The number of aromatic nitrogens is 2. The highest BCUT2D eigenvalue weighted by atomic mass is 16.1. The number of nitrogens with one attached hydrogen (secondary N) is 1. The highest BCUT2D eigenvalue weighted by molar-refractivity contribution is 6.02. The van der Waals surface area contributed by atoms with Crippen LogP contribution in [-0.4, -0.2) is 27.9 Å². The van der Waals surface area contributed by atoms with Gasteiger partial charge in [0.1, 0.15) is 0 Å². The van der Waals surface area contributed by atoms with Crippen LogP contribution in [0, 0.1) is 0 Å². The largest absolute Gasteiger partial charge is 0.328 e. The van der Waals surface area contributed by atoms with E-state index in [-0.39, 0.29) is 11.8 Å². The van der Waals surface area contributed by atoms with Gasteiger partial charge in [0.2, 0.25) is 0 Å². The summed E-state index contributed by atoms with van der Waals surface area (Å²) in [6.07, 6.45) is 3.87. The summed E-state index contributed by atoms with van der Waals surface area (Å²) < 4.78 is 2.12. The topological polar surface area (TPSA) is 46.9 Å². The maximum absolute atomic E-state index is 12.3. The molecule has 0 bridgehead atoms. The molecular weight excluding hydrogens is 238 g/mol. The smallest absolute Gasteiger partial charge is 0.179 e. The van der Waals surface area contributed by atoms with Gasteiger partial charge in [-0.2, -0.15) is 0 Å². The molecule has 2 heterocycles. The van der Waals surface area contributed by atoms with Gasteiger partial charge < -0.3 is 9.88 Å². The van der Waals surface area contributed by atoms with E-state index in [9.17, 15) is 4.79 Å². The van der Waals surface area contributed by atoms with Crippen molar-refractivity contribution in [2.24, 2.45) is 0 Å². The molecule has 0 saturated carbocycles. The van der Waals surface area contributed by atoms with E-state index in [0.29, 0.717) is 6.04 Å². The maximum atomic E-state index is 12.3. The van der Waals surface area contributed by atoms with Crippen LogP contribution in [0.2, 0.25) is 0 Å².